The zero-order valence-electron chi connectivity index (χ0n) is 13.5. The second kappa shape index (κ2) is 6.37. The minimum atomic E-state index is -1.35. The lowest BCUT2D eigenvalue weighted by molar-refractivity contribution is 0.113. The van der Waals surface area contributed by atoms with Gasteiger partial charge in [-0.25, -0.2) is 4.79 Å². The van der Waals surface area contributed by atoms with Crippen LogP contribution in [0.1, 0.15) is 46.5 Å². The van der Waals surface area contributed by atoms with E-state index in [-0.39, 0.29) is 17.9 Å². The first-order valence-corrected chi connectivity index (χ1v) is 8.90. The lowest BCUT2D eigenvalue weighted by Crippen LogP contribution is -2.45. The fraction of sp³-hybridized carbons (Fsp3) is 0.867. The molecule has 126 valence electrons. The van der Waals surface area contributed by atoms with E-state index in [1.165, 1.54) is 4.90 Å². The molecule has 2 atom stereocenters. The molecule has 1 heterocycles. The summed E-state index contributed by atoms with van der Waals surface area (Å²) >= 11 is -1.35. The minimum absolute atomic E-state index is 0.0184. The molecule has 2 fully saturated rings. The van der Waals surface area contributed by atoms with Gasteiger partial charge in [0, 0.05) is 24.4 Å². The Morgan fingerprint density at radius 3 is 2.45 bits per heavy atom. The molecule has 1 spiro atoms. The Bertz CT molecular complexity index is 453. The lowest BCUT2D eigenvalue weighted by Gasteiger charge is -2.38. The maximum Gasteiger partial charge on any atom is 0.407 e. The molecular formula is C15H26N2O4S. The van der Waals surface area contributed by atoms with Gasteiger partial charge in [0.15, 0.2) is 0 Å². The molecule has 0 aromatic rings. The standard InChI is InChI=1S/C15H26N2O4S/c1-14(2,3)22(21)16-12-11(10-18)4-5-15(12)6-8-17(9-7-15)13(19)20/h11,18H,4-10H2,1-3H3,(H,19,20). The Morgan fingerprint density at radius 2 is 2.00 bits per heavy atom. The van der Waals surface area contributed by atoms with Crippen molar-refractivity contribution < 1.29 is 19.6 Å². The number of aliphatic hydroxyl groups is 1. The van der Waals surface area contributed by atoms with E-state index in [0.29, 0.717) is 25.9 Å². The molecule has 1 aliphatic heterocycles. The summed E-state index contributed by atoms with van der Waals surface area (Å²) in [6.07, 6.45) is 2.25. The average Bonchev–Trinajstić information content (AvgIpc) is 2.76. The molecule has 1 saturated carbocycles. The van der Waals surface area contributed by atoms with Gasteiger partial charge in [0.05, 0.1) is 12.3 Å². The summed E-state index contributed by atoms with van der Waals surface area (Å²) in [7, 11) is 0. The van der Waals surface area contributed by atoms with Gasteiger partial charge in [0.2, 0.25) is 0 Å². The van der Waals surface area contributed by atoms with Gasteiger partial charge in [-0.3, -0.25) is 0 Å². The topological polar surface area (TPSA) is 96.2 Å². The predicted molar refractivity (Wildman–Crippen MR) is 86.4 cm³/mol. The zero-order chi connectivity index (χ0) is 16.5. The van der Waals surface area contributed by atoms with E-state index in [1.54, 1.807) is 0 Å². The first-order chi connectivity index (χ1) is 10.2. The van der Waals surface area contributed by atoms with Gasteiger partial charge in [-0.2, -0.15) is 0 Å². The van der Waals surface area contributed by atoms with Gasteiger partial charge < -0.3 is 19.7 Å². The molecule has 1 amide bonds. The van der Waals surface area contributed by atoms with Crippen molar-refractivity contribution in [2.75, 3.05) is 19.7 Å². The summed E-state index contributed by atoms with van der Waals surface area (Å²) in [4.78, 5) is 12.5. The molecular weight excluding hydrogens is 304 g/mol. The third kappa shape index (κ3) is 3.41. The maximum absolute atomic E-state index is 12.4. The molecule has 2 N–H and O–H groups in total. The quantitative estimate of drug-likeness (QED) is 0.757. The Morgan fingerprint density at radius 1 is 1.41 bits per heavy atom. The SMILES string of the molecule is CC(C)(C)[S+]([O-])N=C1C(CO)CCC12CCN(C(=O)O)CC2. The molecule has 2 unspecified atom stereocenters. The number of carboxylic acid groups (broad SMARTS) is 1. The molecule has 7 heteroatoms. The van der Waals surface area contributed by atoms with Gasteiger partial charge in [-0.05, 0) is 46.5 Å². The van der Waals surface area contributed by atoms with E-state index in [1.807, 2.05) is 20.8 Å². The number of carbonyl (C=O) groups is 1. The number of aliphatic hydroxyl groups excluding tert-OH is 1. The third-order valence-corrected chi connectivity index (χ3v) is 6.23. The average molecular weight is 330 g/mol. The van der Waals surface area contributed by atoms with E-state index < -0.39 is 22.2 Å². The smallest absolute Gasteiger partial charge is 0.407 e. The number of hydrogen-bond donors (Lipinski definition) is 2. The molecule has 22 heavy (non-hydrogen) atoms. The maximum atomic E-state index is 12.4. The minimum Gasteiger partial charge on any atom is -0.591 e. The molecule has 0 aromatic heterocycles. The highest BCUT2D eigenvalue weighted by Gasteiger charge is 2.49. The van der Waals surface area contributed by atoms with E-state index in [9.17, 15) is 14.5 Å². The van der Waals surface area contributed by atoms with Gasteiger partial charge >= 0.3 is 6.09 Å². The van der Waals surface area contributed by atoms with Crippen molar-refractivity contribution in [3.05, 3.63) is 0 Å². The Balaban J connectivity index is 2.23. The molecule has 1 saturated heterocycles. The fourth-order valence-electron chi connectivity index (χ4n) is 3.36. The van der Waals surface area contributed by atoms with Crippen molar-refractivity contribution >= 4 is 23.2 Å². The number of hydrogen-bond acceptors (Lipinski definition) is 4. The van der Waals surface area contributed by atoms with Crippen LogP contribution in [0.5, 0.6) is 0 Å². The lowest BCUT2D eigenvalue weighted by atomic mass is 9.75. The summed E-state index contributed by atoms with van der Waals surface area (Å²) in [5.41, 5.74) is 0.675. The zero-order valence-corrected chi connectivity index (χ0v) is 14.4. The first kappa shape index (κ1) is 17.6. The van der Waals surface area contributed by atoms with Gasteiger partial charge in [0.1, 0.15) is 16.1 Å². The van der Waals surface area contributed by atoms with Gasteiger partial charge in [-0.1, -0.05) is 4.40 Å². The first-order valence-electron chi connectivity index (χ1n) is 7.79. The molecule has 2 rings (SSSR count). The number of rotatable bonds is 2. The van der Waals surface area contributed by atoms with Crippen LogP contribution in [0.3, 0.4) is 0 Å². The monoisotopic (exact) mass is 330 g/mol. The highest BCUT2D eigenvalue weighted by atomic mass is 32.2. The van der Waals surface area contributed by atoms with Crippen LogP contribution < -0.4 is 0 Å². The van der Waals surface area contributed by atoms with Crippen LogP contribution in [0.25, 0.3) is 0 Å². The summed E-state index contributed by atoms with van der Waals surface area (Å²) in [6.45, 7) is 6.63. The van der Waals surface area contributed by atoms with Crippen LogP contribution in [0.4, 0.5) is 4.79 Å². The van der Waals surface area contributed by atoms with E-state index >= 15 is 0 Å². The molecule has 6 nitrogen and oxygen atoms in total. The molecule has 1 aliphatic carbocycles. The van der Waals surface area contributed by atoms with Crippen molar-refractivity contribution in [2.24, 2.45) is 15.7 Å². The highest BCUT2D eigenvalue weighted by Crippen LogP contribution is 2.47. The van der Waals surface area contributed by atoms with E-state index in [2.05, 4.69) is 4.40 Å². The summed E-state index contributed by atoms with van der Waals surface area (Å²) in [5, 5.41) is 18.7. The number of nitrogens with zero attached hydrogens (tertiary/aromatic N) is 2. The van der Waals surface area contributed by atoms with E-state index in [0.717, 1.165) is 18.6 Å². The van der Waals surface area contributed by atoms with Crippen molar-refractivity contribution in [3.63, 3.8) is 0 Å². The number of piperidine rings is 1. The second-order valence-corrected chi connectivity index (χ2v) is 9.21. The Hall–Kier alpha value is -0.790. The molecule has 0 aromatic carbocycles. The van der Waals surface area contributed by atoms with Crippen LogP contribution in [0, 0.1) is 11.3 Å². The molecule has 2 aliphatic rings. The highest BCUT2D eigenvalue weighted by molar-refractivity contribution is 7.91. The largest absolute Gasteiger partial charge is 0.591 e. The van der Waals surface area contributed by atoms with Gasteiger partial charge in [-0.15, -0.1) is 0 Å². The molecule has 0 bridgehead atoms. The number of amides is 1. The van der Waals surface area contributed by atoms with Crippen molar-refractivity contribution in [1.82, 2.24) is 4.90 Å². The second-order valence-electron chi connectivity index (χ2n) is 7.31. The Kier molecular flexibility index (Phi) is 5.09. The fourth-order valence-corrected chi connectivity index (χ4v) is 4.15. The van der Waals surface area contributed by atoms with Crippen LogP contribution in [0.2, 0.25) is 0 Å². The van der Waals surface area contributed by atoms with E-state index in [4.69, 9.17) is 5.11 Å². The Labute approximate surface area is 134 Å². The number of likely N-dealkylation sites (tertiary alicyclic amines) is 1. The predicted octanol–water partition coefficient (Wildman–Crippen LogP) is 2.05. The summed E-state index contributed by atoms with van der Waals surface area (Å²) in [6, 6.07) is 0. The van der Waals surface area contributed by atoms with Crippen molar-refractivity contribution in [3.8, 4) is 0 Å². The van der Waals surface area contributed by atoms with Crippen LogP contribution >= 0.6 is 0 Å². The molecule has 0 radical (unpaired) electrons. The van der Waals surface area contributed by atoms with Crippen LogP contribution in [0.15, 0.2) is 4.40 Å². The van der Waals surface area contributed by atoms with Crippen molar-refractivity contribution in [1.29, 1.82) is 0 Å². The summed E-state index contributed by atoms with van der Waals surface area (Å²) < 4.78 is 16.5. The van der Waals surface area contributed by atoms with Crippen LogP contribution in [-0.4, -0.2) is 55.9 Å². The third-order valence-electron chi connectivity index (χ3n) is 4.82. The summed E-state index contributed by atoms with van der Waals surface area (Å²) in [5.74, 6) is -0.0392. The normalized spacial score (nSPS) is 28.3. The van der Waals surface area contributed by atoms with Crippen molar-refractivity contribution in [2.45, 2.75) is 51.2 Å². The van der Waals surface area contributed by atoms with Crippen LogP contribution in [-0.2, 0) is 11.4 Å². The van der Waals surface area contributed by atoms with Gasteiger partial charge in [0.25, 0.3) is 0 Å².